The summed E-state index contributed by atoms with van der Waals surface area (Å²) in [4.78, 5) is 15.4. The second kappa shape index (κ2) is 5.13. The zero-order chi connectivity index (χ0) is 13.1. The van der Waals surface area contributed by atoms with Crippen LogP contribution in [0.3, 0.4) is 0 Å². The molecular weight excluding hydrogens is 305 g/mol. The maximum Gasteiger partial charge on any atom is 0.246 e. The number of anilines is 2. The predicted octanol–water partition coefficient (Wildman–Crippen LogP) is 1.40. The van der Waals surface area contributed by atoms with E-state index >= 15 is 0 Å². The number of carbonyl (C=O) groups is 1. The highest BCUT2D eigenvalue weighted by Crippen LogP contribution is 2.13. The van der Waals surface area contributed by atoms with Crippen LogP contribution in [0.15, 0.2) is 29.0 Å². The highest BCUT2D eigenvalue weighted by Gasteiger charge is 2.11. The van der Waals surface area contributed by atoms with Crippen molar-refractivity contribution in [1.82, 2.24) is 14.8 Å². The van der Waals surface area contributed by atoms with Crippen molar-refractivity contribution in [2.24, 2.45) is 0 Å². The molecule has 0 radical (unpaired) electrons. The SMILES string of the molecule is Nc1nc(Br)n(CC(=O)Nc2ccccc2F)n1. The molecule has 0 saturated heterocycles. The van der Waals surface area contributed by atoms with Gasteiger partial charge in [0.2, 0.25) is 11.9 Å². The van der Waals surface area contributed by atoms with Crippen LogP contribution in [0.4, 0.5) is 16.0 Å². The first kappa shape index (κ1) is 12.5. The van der Waals surface area contributed by atoms with E-state index in [1.165, 1.54) is 16.8 Å². The monoisotopic (exact) mass is 313 g/mol. The molecule has 2 rings (SSSR count). The molecule has 0 bridgehead atoms. The van der Waals surface area contributed by atoms with E-state index in [1.54, 1.807) is 12.1 Å². The lowest BCUT2D eigenvalue weighted by Crippen LogP contribution is -2.20. The number of aromatic nitrogens is 3. The van der Waals surface area contributed by atoms with Crippen molar-refractivity contribution in [1.29, 1.82) is 0 Å². The molecule has 0 spiro atoms. The number of hydrogen-bond acceptors (Lipinski definition) is 4. The Morgan fingerprint density at radius 3 is 2.83 bits per heavy atom. The summed E-state index contributed by atoms with van der Waals surface area (Å²) in [5.41, 5.74) is 5.48. The highest BCUT2D eigenvalue weighted by atomic mass is 79.9. The summed E-state index contributed by atoms with van der Waals surface area (Å²) in [6, 6.07) is 5.90. The van der Waals surface area contributed by atoms with Crippen LogP contribution >= 0.6 is 15.9 Å². The average Bonchev–Trinajstić information content (AvgIpc) is 2.61. The zero-order valence-corrected chi connectivity index (χ0v) is 10.7. The first-order valence-corrected chi connectivity index (χ1v) is 5.76. The number of nitrogens with one attached hydrogen (secondary N) is 1. The van der Waals surface area contributed by atoms with Crippen molar-refractivity contribution in [3.8, 4) is 0 Å². The Kier molecular flexibility index (Phi) is 3.56. The lowest BCUT2D eigenvalue weighted by Gasteiger charge is -2.06. The predicted molar refractivity (Wildman–Crippen MR) is 67.2 cm³/mol. The number of carbonyl (C=O) groups excluding carboxylic acids is 1. The van der Waals surface area contributed by atoms with Gasteiger partial charge in [-0.15, -0.1) is 5.10 Å². The quantitative estimate of drug-likeness (QED) is 0.897. The summed E-state index contributed by atoms with van der Waals surface area (Å²) in [5, 5.41) is 6.23. The third-order valence-electron chi connectivity index (χ3n) is 2.08. The lowest BCUT2D eigenvalue weighted by molar-refractivity contribution is -0.117. The van der Waals surface area contributed by atoms with Crippen LogP contribution < -0.4 is 11.1 Å². The molecule has 18 heavy (non-hydrogen) atoms. The topological polar surface area (TPSA) is 85.8 Å². The minimum atomic E-state index is -0.497. The third-order valence-corrected chi connectivity index (χ3v) is 2.67. The van der Waals surface area contributed by atoms with E-state index in [9.17, 15) is 9.18 Å². The van der Waals surface area contributed by atoms with E-state index in [-0.39, 0.29) is 18.2 Å². The van der Waals surface area contributed by atoms with E-state index in [0.717, 1.165) is 0 Å². The summed E-state index contributed by atoms with van der Waals surface area (Å²) in [6.07, 6.45) is 0. The van der Waals surface area contributed by atoms with Gasteiger partial charge in [-0.25, -0.2) is 9.07 Å². The molecule has 3 N–H and O–H groups in total. The number of halogens is 2. The summed E-state index contributed by atoms with van der Waals surface area (Å²) >= 11 is 3.10. The first-order chi connectivity index (χ1) is 8.56. The van der Waals surface area contributed by atoms with Crippen molar-refractivity contribution < 1.29 is 9.18 Å². The summed E-state index contributed by atoms with van der Waals surface area (Å²) in [7, 11) is 0. The van der Waals surface area contributed by atoms with Crippen LogP contribution in [-0.2, 0) is 11.3 Å². The van der Waals surface area contributed by atoms with E-state index in [2.05, 4.69) is 31.3 Å². The number of amides is 1. The fraction of sp³-hybridized carbons (Fsp3) is 0.100. The minimum Gasteiger partial charge on any atom is -0.366 e. The molecule has 1 heterocycles. The molecule has 1 aromatic carbocycles. The van der Waals surface area contributed by atoms with Gasteiger partial charge in [0.15, 0.2) is 4.73 Å². The van der Waals surface area contributed by atoms with Gasteiger partial charge in [0.25, 0.3) is 0 Å². The van der Waals surface area contributed by atoms with Crippen molar-refractivity contribution in [3.63, 3.8) is 0 Å². The van der Waals surface area contributed by atoms with Crippen LogP contribution in [0.5, 0.6) is 0 Å². The Morgan fingerprint density at radius 1 is 1.50 bits per heavy atom. The standard InChI is InChI=1S/C10H9BrFN5O/c11-9-15-10(13)16-17(9)5-8(18)14-7-4-2-1-3-6(7)12/h1-4H,5H2,(H2,13,16)(H,14,18). The molecule has 8 heteroatoms. The lowest BCUT2D eigenvalue weighted by atomic mass is 10.3. The van der Waals surface area contributed by atoms with Gasteiger partial charge in [-0.2, -0.15) is 4.98 Å². The van der Waals surface area contributed by atoms with Gasteiger partial charge in [-0.05, 0) is 28.1 Å². The van der Waals surface area contributed by atoms with E-state index in [1.807, 2.05) is 0 Å². The molecule has 0 aliphatic rings. The van der Waals surface area contributed by atoms with Crippen molar-refractivity contribution in [3.05, 3.63) is 34.8 Å². The van der Waals surface area contributed by atoms with E-state index in [0.29, 0.717) is 4.73 Å². The fourth-order valence-electron chi connectivity index (χ4n) is 1.33. The number of hydrogen-bond donors (Lipinski definition) is 2. The fourth-order valence-corrected chi connectivity index (χ4v) is 1.71. The first-order valence-electron chi connectivity index (χ1n) is 4.96. The van der Waals surface area contributed by atoms with Crippen LogP contribution in [0.2, 0.25) is 0 Å². The van der Waals surface area contributed by atoms with Crippen molar-refractivity contribution in [2.45, 2.75) is 6.54 Å². The van der Waals surface area contributed by atoms with E-state index in [4.69, 9.17) is 5.73 Å². The van der Waals surface area contributed by atoms with Gasteiger partial charge >= 0.3 is 0 Å². The maximum absolute atomic E-state index is 13.3. The Morgan fingerprint density at radius 2 is 2.22 bits per heavy atom. The Balaban J connectivity index is 2.06. The second-order valence-corrected chi connectivity index (χ2v) is 4.13. The molecular formula is C10H9BrFN5O. The van der Waals surface area contributed by atoms with Gasteiger partial charge in [0.1, 0.15) is 12.4 Å². The van der Waals surface area contributed by atoms with Crippen LogP contribution in [-0.4, -0.2) is 20.7 Å². The summed E-state index contributed by atoms with van der Waals surface area (Å²) < 4.78 is 14.9. The maximum atomic E-state index is 13.3. The van der Waals surface area contributed by atoms with Gasteiger partial charge in [-0.1, -0.05) is 12.1 Å². The molecule has 1 amide bonds. The van der Waals surface area contributed by atoms with Crippen LogP contribution in [0.25, 0.3) is 0 Å². The highest BCUT2D eigenvalue weighted by molar-refractivity contribution is 9.10. The Hall–Kier alpha value is -1.96. The molecule has 6 nitrogen and oxygen atoms in total. The molecule has 0 aliphatic heterocycles. The van der Waals surface area contributed by atoms with Gasteiger partial charge in [0, 0.05) is 0 Å². The number of benzene rings is 1. The summed E-state index contributed by atoms with van der Waals surface area (Å²) in [6.45, 7) is -0.112. The molecule has 0 fully saturated rings. The smallest absolute Gasteiger partial charge is 0.246 e. The average molecular weight is 314 g/mol. The number of nitrogens with zero attached hydrogens (tertiary/aromatic N) is 3. The van der Waals surface area contributed by atoms with Gasteiger partial charge in [0.05, 0.1) is 5.69 Å². The number of para-hydroxylation sites is 1. The second-order valence-electron chi connectivity index (χ2n) is 3.42. The number of nitrogens with two attached hydrogens (primary N) is 1. The molecule has 2 aromatic rings. The third kappa shape index (κ3) is 2.83. The van der Waals surface area contributed by atoms with Gasteiger partial charge < -0.3 is 11.1 Å². The Bertz CT molecular complexity index is 585. The molecule has 0 unspecified atom stereocenters. The molecule has 0 atom stereocenters. The van der Waals surface area contributed by atoms with E-state index < -0.39 is 11.7 Å². The Labute approximate surface area is 110 Å². The van der Waals surface area contributed by atoms with Gasteiger partial charge in [-0.3, -0.25) is 4.79 Å². The molecule has 1 aromatic heterocycles. The largest absolute Gasteiger partial charge is 0.366 e. The molecule has 0 saturated carbocycles. The minimum absolute atomic E-state index is 0.0561. The normalized spacial score (nSPS) is 10.3. The zero-order valence-electron chi connectivity index (χ0n) is 9.10. The summed E-state index contributed by atoms with van der Waals surface area (Å²) in [5.74, 6) is -0.866. The van der Waals surface area contributed by atoms with Crippen molar-refractivity contribution >= 4 is 33.5 Å². The molecule has 0 aliphatic carbocycles. The van der Waals surface area contributed by atoms with Crippen molar-refractivity contribution in [2.75, 3.05) is 11.1 Å². The van der Waals surface area contributed by atoms with Crippen LogP contribution in [0, 0.1) is 5.82 Å². The number of nitrogen functional groups attached to an aromatic ring is 1. The molecule has 94 valence electrons. The number of rotatable bonds is 3. The van der Waals surface area contributed by atoms with Crippen LogP contribution in [0.1, 0.15) is 0 Å².